The minimum Gasteiger partial charge on any atom is -0.396 e. The topological polar surface area (TPSA) is 23.5 Å². The molecule has 0 aliphatic rings. The Morgan fingerprint density at radius 3 is 2.59 bits per heavy atom. The predicted molar refractivity (Wildman–Crippen MR) is 73.4 cm³/mol. The van der Waals surface area contributed by atoms with E-state index in [4.69, 9.17) is 5.11 Å². The summed E-state index contributed by atoms with van der Waals surface area (Å²) in [5.41, 5.74) is 4.19. The number of unbranched alkanes of at least 4 members (excludes halogenated alkanes) is 1. The summed E-state index contributed by atoms with van der Waals surface area (Å²) >= 11 is 0. The van der Waals surface area contributed by atoms with E-state index in [9.17, 15) is 0 Å². The molecule has 0 aromatic heterocycles. The zero-order valence-electron chi connectivity index (χ0n) is 11.4. The van der Waals surface area contributed by atoms with Crippen molar-refractivity contribution in [2.24, 2.45) is 0 Å². The van der Waals surface area contributed by atoms with Gasteiger partial charge in [0, 0.05) is 13.2 Å². The van der Waals surface area contributed by atoms with E-state index in [1.54, 1.807) is 0 Å². The lowest BCUT2D eigenvalue weighted by Gasteiger charge is -2.17. The summed E-state index contributed by atoms with van der Waals surface area (Å²) in [6.45, 7) is 6.81. The lowest BCUT2D eigenvalue weighted by atomic mass is 10.0. The van der Waals surface area contributed by atoms with Crippen LogP contribution in [0.3, 0.4) is 0 Å². The summed E-state index contributed by atoms with van der Waals surface area (Å²) < 4.78 is 0. The summed E-state index contributed by atoms with van der Waals surface area (Å²) in [5.74, 6) is 0. The maximum absolute atomic E-state index is 8.74. The van der Waals surface area contributed by atoms with Crippen molar-refractivity contribution in [3.63, 3.8) is 0 Å². The van der Waals surface area contributed by atoms with Crippen LogP contribution in [0.2, 0.25) is 0 Å². The van der Waals surface area contributed by atoms with Crippen LogP contribution < -0.4 is 0 Å². The molecule has 2 nitrogen and oxygen atoms in total. The quantitative estimate of drug-likeness (QED) is 0.734. The van der Waals surface area contributed by atoms with Crippen molar-refractivity contribution in [2.75, 3.05) is 26.7 Å². The highest BCUT2D eigenvalue weighted by Gasteiger charge is 2.02. The van der Waals surface area contributed by atoms with Crippen molar-refractivity contribution in [1.82, 2.24) is 4.90 Å². The second kappa shape index (κ2) is 7.46. The third-order valence-corrected chi connectivity index (χ3v) is 3.22. The fraction of sp³-hybridized carbons (Fsp3) is 0.600. The van der Waals surface area contributed by atoms with E-state index in [1.165, 1.54) is 16.7 Å². The first kappa shape index (κ1) is 14.2. The fourth-order valence-corrected chi connectivity index (χ4v) is 1.99. The van der Waals surface area contributed by atoms with Gasteiger partial charge in [0.05, 0.1) is 0 Å². The van der Waals surface area contributed by atoms with Gasteiger partial charge in [-0.25, -0.2) is 0 Å². The molecular weight excluding hydrogens is 210 g/mol. The van der Waals surface area contributed by atoms with Gasteiger partial charge in [-0.15, -0.1) is 0 Å². The molecule has 0 amide bonds. The maximum Gasteiger partial charge on any atom is 0.0431 e. The van der Waals surface area contributed by atoms with Crippen molar-refractivity contribution in [1.29, 1.82) is 0 Å². The Morgan fingerprint density at radius 1 is 1.12 bits per heavy atom. The number of likely N-dealkylation sites (N-methyl/N-ethyl adjacent to an activating group) is 1. The molecule has 0 radical (unpaired) electrons. The van der Waals surface area contributed by atoms with Gasteiger partial charge in [0.25, 0.3) is 0 Å². The first-order valence-corrected chi connectivity index (χ1v) is 6.49. The summed E-state index contributed by atoms with van der Waals surface area (Å²) in [6, 6.07) is 6.66. The molecule has 0 atom stereocenters. The van der Waals surface area contributed by atoms with Crippen LogP contribution in [0.25, 0.3) is 0 Å². The second-order valence-electron chi connectivity index (χ2n) is 4.91. The Morgan fingerprint density at radius 2 is 1.88 bits per heavy atom. The molecule has 0 saturated heterocycles. The van der Waals surface area contributed by atoms with E-state index in [0.29, 0.717) is 6.61 Å². The standard InChI is InChI=1S/C15H25NO/c1-13-6-7-14(2)15(12-13)8-10-16(3)9-4-5-11-17/h6-7,12,17H,4-5,8-11H2,1-3H3. The van der Waals surface area contributed by atoms with Crippen LogP contribution in [0.1, 0.15) is 29.5 Å². The van der Waals surface area contributed by atoms with Gasteiger partial charge < -0.3 is 10.0 Å². The van der Waals surface area contributed by atoms with Crippen LogP contribution in [-0.2, 0) is 6.42 Å². The summed E-state index contributed by atoms with van der Waals surface area (Å²) in [7, 11) is 2.16. The van der Waals surface area contributed by atoms with Gasteiger partial charge in [0.1, 0.15) is 0 Å². The van der Waals surface area contributed by atoms with Gasteiger partial charge in [-0.3, -0.25) is 0 Å². The third-order valence-electron chi connectivity index (χ3n) is 3.22. The van der Waals surface area contributed by atoms with Gasteiger partial charge in [-0.05, 0) is 57.8 Å². The molecule has 0 unspecified atom stereocenters. The fourth-order valence-electron chi connectivity index (χ4n) is 1.99. The van der Waals surface area contributed by atoms with E-state index < -0.39 is 0 Å². The lowest BCUT2D eigenvalue weighted by Crippen LogP contribution is -2.22. The maximum atomic E-state index is 8.74. The van der Waals surface area contributed by atoms with Crippen molar-refractivity contribution in [3.05, 3.63) is 34.9 Å². The van der Waals surface area contributed by atoms with Gasteiger partial charge in [-0.1, -0.05) is 23.8 Å². The third kappa shape index (κ3) is 5.33. The summed E-state index contributed by atoms with van der Waals surface area (Å²) in [4.78, 5) is 2.34. The highest BCUT2D eigenvalue weighted by Crippen LogP contribution is 2.11. The molecule has 17 heavy (non-hydrogen) atoms. The van der Waals surface area contributed by atoms with Crippen LogP contribution in [-0.4, -0.2) is 36.8 Å². The van der Waals surface area contributed by atoms with Crippen LogP contribution in [0.15, 0.2) is 18.2 Å². The minimum atomic E-state index is 0.310. The smallest absolute Gasteiger partial charge is 0.0431 e. The lowest BCUT2D eigenvalue weighted by molar-refractivity contribution is 0.264. The number of aryl methyl sites for hydroxylation is 2. The molecule has 0 saturated carbocycles. The molecule has 0 aliphatic heterocycles. The molecule has 1 rings (SSSR count). The van der Waals surface area contributed by atoms with Crippen molar-refractivity contribution < 1.29 is 5.11 Å². The monoisotopic (exact) mass is 235 g/mol. The van der Waals surface area contributed by atoms with Crippen LogP contribution >= 0.6 is 0 Å². The summed E-state index contributed by atoms with van der Waals surface area (Å²) in [6.07, 6.45) is 3.11. The minimum absolute atomic E-state index is 0.310. The van der Waals surface area contributed by atoms with Gasteiger partial charge in [0.15, 0.2) is 0 Å². The van der Waals surface area contributed by atoms with Gasteiger partial charge >= 0.3 is 0 Å². The molecule has 0 heterocycles. The molecule has 0 bridgehead atoms. The normalized spacial score (nSPS) is 11.1. The number of aliphatic hydroxyl groups is 1. The van der Waals surface area contributed by atoms with Crippen LogP contribution in [0.5, 0.6) is 0 Å². The largest absolute Gasteiger partial charge is 0.396 e. The molecule has 1 aromatic carbocycles. The second-order valence-corrected chi connectivity index (χ2v) is 4.91. The van der Waals surface area contributed by atoms with Crippen LogP contribution in [0.4, 0.5) is 0 Å². The molecule has 0 aliphatic carbocycles. The highest BCUT2D eigenvalue weighted by atomic mass is 16.2. The predicted octanol–water partition coefficient (Wildman–Crippen LogP) is 2.55. The average molecular weight is 235 g/mol. The Balaban J connectivity index is 2.36. The Kier molecular flexibility index (Phi) is 6.23. The number of aliphatic hydroxyl groups excluding tert-OH is 1. The van der Waals surface area contributed by atoms with Crippen molar-refractivity contribution in [3.8, 4) is 0 Å². The van der Waals surface area contributed by atoms with Crippen molar-refractivity contribution >= 4 is 0 Å². The van der Waals surface area contributed by atoms with Gasteiger partial charge in [0.2, 0.25) is 0 Å². The SMILES string of the molecule is Cc1ccc(C)c(CCN(C)CCCCO)c1. The number of benzene rings is 1. The Bertz CT molecular complexity index is 336. The van der Waals surface area contributed by atoms with Crippen molar-refractivity contribution in [2.45, 2.75) is 33.1 Å². The number of rotatable bonds is 7. The average Bonchev–Trinajstić information content (AvgIpc) is 2.31. The number of hydrogen-bond donors (Lipinski definition) is 1. The Labute approximate surface area is 105 Å². The molecular formula is C15H25NO. The van der Waals surface area contributed by atoms with Gasteiger partial charge in [-0.2, -0.15) is 0 Å². The summed E-state index contributed by atoms with van der Waals surface area (Å²) in [5, 5.41) is 8.74. The molecule has 1 N–H and O–H groups in total. The van der Waals surface area contributed by atoms with E-state index >= 15 is 0 Å². The zero-order chi connectivity index (χ0) is 12.7. The molecule has 96 valence electrons. The Hall–Kier alpha value is -0.860. The van der Waals surface area contributed by atoms with E-state index in [-0.39, 0.29) is 0 Å². The van der Waals surface area contributed by atoms with Crippen LogP contribution in [0, 0.1) is 13.8 Å². The van der Waals surface area contributed by atoms with E-state index in [0.717, 1.165) is 32.4 Å². The molecule has 0 spiro atoms. The molecule has 1 aromatic rings. The van der Waals surface area contributed by atoms with E-state index in [1.807, 2.05) is 0 Å². The first-order valence-electron chi connectivity index (χ1n) is 6.49. The van der Waals surface area contributed by atoms with E-state index in [2.05, 4.69) is 44.0 Å². The molecule has 0 fully saturated rings. The molecule has 2 heteroatoms. The zero-order valence-corrected chi connectivity index (χ0v) is 11.4. The first-order chi connectivity index (χ1) is 8.13. The number of hydrogen-bond acceptors (Lipinski definition) is 2. The highest BCUT2D eigenvalue weighted by molar-refractivity contribution is 5.30. The number of nitrogens with zero attached hydrogens (tertiary/aromatic N) is 1.